The third-order valence-corrected chi connectivity index (χ3v) is 6.29. The predicted molar refractivity (Wildman–Crippen MR) is 120 cm³/mol. The van der Waals surface area contributed by atoms with Crippen LogP contribution in [0.4, 0.5) is 20.4 Å². The zero-order chi connectivity index (χ0) is 23.5. The van der Waals surface area contributed by atoms with Gasteiger partial charge in [-0.15, -0.1) is 0 Å². The van der Waals surface area contributed by atoms with Gasteiger partial charge >= 0.3 is 0 Å². The van der Waals surface area contributed by atoms with E-state index in [2.05, 4.69) is 14.9 Å². The molecule has 0 radical (unpaired) electrons. The second-order valence-electron chi connectivity index (χ2n) is 9.34. The highest BCUT2D eigenvalue weighted by molar-refractivity contribution is 6.03. The number of rotatable bonds is 4. The van der Waals surface area contributed by atoms with Crippen LogP contribution >= 0.6 is 0 Å². The lowest BCUT2D eigenvalue weighted by Crippen LogP contribution is -2.59. The largest absolute Gasteiger partial charge is 0.487 e. The second-order valence-corrected chi connectivity index (χ2v) is 9.34. The van der Waals surface area contributed by atoms with E-state index in [1.54, 1.807) is 11.1 Å². The molecule has 2 aromatic rings. The zero-order valence-corrected chi connectivity index (χ0v) is 19.2. The van der Waals surface area contributed by atoms with E-state index >= 15 is 0 Å². The molecule has 178 valence electrons. The number of fused-ring (bicyclic) bond motifs is 3. The van der Waals surface area contributed by atoms with Crippen molar-refractivity contribution in [2.75, 3.05) is 30.7 Å². The van der Waals surface area contributed by atoms with E-state index in [-0.39, 0.29) is 19.2 Å². The van der Waals surface area contributed by atoms with Gasteiger partial charge in [0.25, 0.3) is 5.92 Å². The minimum atomic E-state index is -2.73. The Morgan fingerprint density at radius 2 is 2.12 bits per heavy atom. The molecular formula is C22H29F2N7O2. The minimum absolute atomic E-state index is 0.0262. The van der Waals surface area contributed by atoms with Crippen LogP contribution in [0.2, 0.25) is 0 Å². The summed E-state index contributed by atoms with van der Waals surface area (Å²) in [5, 5.41) is 3.43. The van der Waals surface area contributed by atoms with Crippen LogP contribution in [0.5, 0.6) is 5.75 Å². The summed E-state index contributed by atoms with van der Waals surface area (Å²) in [5.74, 6) is -0.0333. The van der Waals surface area contributed by atoms with Crippen molar-refractivity contribution in [1.82, 2.24) is 19.4 Å². The quantitative estimate of drug-likeness (QED) is 0.721. The van der Waals surface area contributed by atoms with Gasteiger partial charge in [0.15, 0.2) is 17.4 Å². The molecule has 33 heavy (non-hydrogen) atoms. The Hall–Kier alpha value is -2.95. The normalized spacial score (nSPS) is 23.5. The molecule has 0 amide bonds. The first kappa shape index (κ1) is 21.9. The summed E-state index contributed by atoms with van der Waals surface area (Å²) in [6.45, 7) is 8.24. The molecule has 3 aliphatic rings. The lowest BCUT2D eigenvalue weighted by molar-refractivity contribution is -0.101. The number of nitrogen functional groups attached to an aromatic ring is 1. The molecule has 9 nitrogen and oxygen atoms in total. The van der Waals surface area contributed by atoms with Crippen molar-refractivity contribution in [1.29, 1.82) is 0 Å². The minimum Gasteiger partial charge on any atom is -0.487 e. The first-order valence-electron chi connectivity index (χ1n) is 11.2. The molecule has 0 aliphatic carbocycles. The summed E-state index contributed by atoms with van der Waals surface area (Å²) in [4.78, 5) is 15.4. The van der Waals surface area contributed by atoms with Crippen LogP contribution in [-0.4, -0.2) is 57.0 Å². The monoisotopic (exact) mass is 461 g/mol. The van der Waals surface area contributed by atoms with Gasteiger partial charge in [-0.3, -0.25) is 0 Å². The molecule has 1 saturated heterocycles. The molecule has 1 fully saturated rings. The number of hydrogen-bond acceptors (Lipinski definition) is 8. The number of nitrogens with two attached hydrogens (primary N) is 1. The number of anilines is 2. The van der Waals surface area contributed by atoms with Gasteiger partial charge in [0.1, 0.15) is 29.1 Å². The Balaban J connectivity index is 1.56. The number of likely N-dealkylation sites (tertiary alicyclic amines) is 1. The topological polar surface area (TPSA) is 103 Å². The van der Waals surface area contributed by atoms with E-state index < -0.39 is 17.7 Å². The van der Waals surface area contributed by atoms with Crippen LogP contribution < -0.4 is 15.8 Å². The van der Waals surface area contributed by atoms with Crippen molar-refractivity contribution >= 4 is 17.5 Å². The SMILES string of the molecule is CCC(C)Oc1cc(C2N=C(N3CC(F)(F)C3)c3nc4n(c3N2)CCOC4(C)C)cnc1N. The lowest BCUT2D eigenvalue weighted by Gasteiger charge is -2.42. The molecule has 5 rings (SSSR count). The van der Waals surface area contributed by atoms with Gasteiger partial charge in [0.2, 0.25) is 0 Å². The Labute approximate surface area is 191 Å². The van der Waals surface area contributed by atoms with Crippen LogP contribution in [0.1, 0.15) is 57.4 Å². The highest BCUT2D eigenvalue weighted by Gasteiger charge is 2.48. The van der Waals surface area contributed by atoms with Crippen molar-refractivity contribution in [3.8, 4) is 5.75 Å². The van der Waals surface area contributed by atoms with Crippen LogP contribution in [-0.2, 0) is 16.9 Å². The molecule has 0 saturated carbocycles. The average molecular weight is 462 g/mol. The molecule has 2 atom stereocenters. The number of aromatic nitrogens is 3. The number of halogens is 2. The number of aliphatic imine (C=N–C) groups is 1. The summed E-state index contributed by atoms with van der Waals surface area (Å²) < 4.78 is 41.4. The average Bonchev–Trinajstić information content (AvgIpc) is 3.13. The Morgan fingerprint density at radius 1 is 1.36 bits per heavy atom. The molecule has 0 bridgehead atoms. The maximum absolute atomic E-state index is 13.7. The number of hydrogen-bond donors (Lipinski definition) is 2. The van der Waals surface area contributed by atoms with Crippen molar-refractivity contribution in [3.63, 3.8) is 0 Å². The predicted octanol–water partition coefficient (Wildman–Crippen LogP) is 3.12. The first-order valence-corrected chi connectivity index (χ1v) is 11.2. The van der Waals surface area contributed by atoms with Gasteiger partial charge in [-0.25, -0.2) is 23.7 Å². The van der Waals surface area contributed by atoms with E-state index in [1.165, 1.54) is 0 Å². The Kier molecular flexibility index (Phi) is 5.00. The number of alkyl halides is 2. The van der Waals surface area contributed by atoms with Gasteiger partial charge < -0.3 is 30.0 Å². The summed E-state index contributed by atoms with van der Waals surface area (Å²) >= 11 is 0. The summed E-state index contributed by atoms with van der Waals surface area (Å²) in [6.07, 6.45) is 1.87. The maximum Gasteiger partial charge on any atom is 0.282 e. The van der Waals surface area contributed by atoms with Gasteiger partial charge in [0.05, 0.1) is 25.8 Å². The fraction of sp³-hybridized carbons (Fsp3) is 0.591. The van der Waals surface area contributed by atoms with Crippen LogP contribution in [0.15, 0.2) is 17.3 Å². The number of ether oxygens (including phenoxy) is 2. The first-order chi connectivity index (χ1) is 15.6. The molecule has 0 spiro atoms. The fourth-order valence-corrected chi connectivity index (χ4v) is 4.30. The van der Waals surface area contributed by atoms with Crippen molar-refractivity contribution < 1.29 is 18.3 Å². The third-order valence-electron chi connectivity index (χ3n) is 6.29. The van der Waals surface area contributed by atoms with Crippen molar-refractivity contribution in [2.24, 2.45) is 4.99 Å². The van der Waals surface area contributed by atoms with E-state index in [4.69, 9.17) is 25.2 Å². The number of pyridine rings is 1. The maximum atomic E-state index is 13.7. The van der Waals surface area contributed by atoms with E-state index in [0.29, 0.717) is 36.2 Å². The number of nitrogens with one attached hydrogen (secondary N) is 1. The summed E-state index contributed by atoms with van der Waals surface area (Å²) in [6, 6.07) is 1.81. The van der Waals surface area contributed by atoms with Crippen molar-refractivity contribution in [3.05, 3.63) is 29.3 Å². The van der Waals surface area contributed by atoms with Crippen molar-refractivity contribution in [2.45, 2.75) is 64.5 Å². The zero-order valence-electron chi connectivity index (χ0n) is 19.2. The van der Waals surface area contributed by atoms with Gasteiger partial charge in [-0.05, 0) is 33.3 Å². The molecule has 11 heteroatoms. The standard InChI is InChI=1S/C22H29F2N7O2/c1-5-12(2)33-14-8-13(9-26-16(14)25)17-28-18(30-10-22(23,24)11-30)15-19(29-17)31-6-7-32-21(3,4)20(31)27-15/h8-9,12,17,29H,5-7,10-11H2,1-4H3,(H2,25,26). The van der Waals surface area contributed by atoms with E-state index in [1.807, 2.05) is 33.8 Å². The summed E-state index contributed by atoms with van der Waals surface area (Å²) in [5.41, 5.74) is 6.71. The number of amidine groups is 1. The highest BCUT2D eigenvalue weighted by Crippen LogP contribution is 2.40. The molecular weight excluding hydrogens is 432 g/mol. The van der Waals surface area contributed by atoms with Crippen LogP contribution in [0.25, 0.3) is 0 Å². The molecule has 2 aromatic heterocycles. The highest BCUT2D eigenvalue weighted by atomic mass is 19.3. The molecule has 3 aliphatic heterocycles. The van der Waals surface area contributed by atoms with Crippen LogP contribution in [0, 0.1) is 0 Å². The van der Waals surface area contributed by atoms with E-state index in [9.17, 15) is 8.78 Å². The molecule has 0 aromatic carbocycles. The van der Waals surface area contributed by atoms with Gasteiger partial charge in [0, 0.05) is 18.3 Å². The molecule has 5 heterocycles. The number of nitrogens with zero attached hydrogens (tertiary/aromatic N) is 5. The second kappa shape index (κ2) is 7.54. The van der Waals surface area contributed by atoms with Crippen LogP contribution in [0.3, 0.4) is 0 Å². The molecule has 3 N–H and O–H groups in total. The number of imidazole rings is 1. The summed E-state index contributed by atoms with van der Waals surface area (Å²) in [7, 11) is 0. The van der Waals surface area contributed by atoms with Gasteiger partial charge in [-0.1, -0.05) is 6.92 Å². The van der Waals surface area contributed by atoms with Gasteiger partial charge in [-0.2, -0.15) is 0 Å². The Bertz CT molecular complexity index is 1110. The fourth-order valence-electron chi connectivity index (χ4n) is 4.30. The third kappa shape index (κ3) is 3.77. The Morgan fingerprint density at radius 3 is 2.82 bits per heavy atom. The van der Waals surface area contributed by atoms with E-state index in [0.717, 1.165) is 23.6 Å². The molecule has 2 unspecified atom stereocenters. The lowest BCUT2D eigenvalue weighted by atomic mass is 10.1. The smallest absolute Gasteiger partial charge is 0.282 e.